The molecule has 1 atom stereocenters. The van der Waals surface area contributed by atoms with E-state index in [9.17, 15) is 4.79 Å². The van der Waals surface area contributed by atoms with Crippen molar-refractivity contribution in [2.75, 3.05) is 0 Å². The smallest absolute Gasteiger partial charge is 0.135 e. The first kappa shape index (κ1) is 14.9. The van der Waals surface area contributed by atoms with E-state index in [4.69, 9.17) is 0 Å². The summed E-state index contributed by atoms with van der Waals surface area (Å²) in [4.78, 5) is 11.7. The van der Waals surface area contributed by atoms with Gasteiger partial charge in [-0.25, -0.2) is 0 Å². The molecule has 1 unspecified atom stereocenters. The Labute approximate surface area is 112 Å². The number of carbonyl (C=O) groups is 1. The largest absolute Gasteiger partial charge is 0.299 e. The molecule has 1 nitrogen and oxygen atoms in total. The molecule has 0 heterocycles. The molecule has 0 radical (unpaired) electrons. The number of hydrogen-bond acceptors (Lipinski definition) is 1. The van der Waals surface area contributed by atoms with Crippen LogP contribution in [0.5, 0.6) is 0 Å². The van der Waals surface area contributed by atoms with Crippen molar-refractivity contribution >= 4 is 5.78 Å². The van der Waals surface area contributed by atoms with Crippen LogP contribution in [0.3, 0.4) is 0 Å². The van der Waals surface area contributed by atoms with Gasteiger partial charge in [0.05, 0.1) is 0 Å². The van der Waals surface area contributed by atoms with E-state index < -0.39 is 0 Å². The third-order valence-corrected chi connectivity index (χ3v) is 4.31. The van der Waals surface area contributed by atoms with Crippen molar-refractivity contribution in [3.63, 3.8) is 0 Å². The van der Waals surface area contributed by atoms with Gasteiger partial charge in [0.2, 0.25) is 0 Å². The number of aryl methyl sites for hydroxylation is 1. The van der Waals surface area contributed by atoms with Crippen molar-refractivity contribution in [2.24, 2.45) is 5.41 Å². The lowest BCUT2D eigenvalue weighted by Crippen LogP contribution is -2.33. The highest BCUT2D eigenvalue weighted by atomic mass is 16.1. The number of ketones is 1. The maximum absolute atomic E-state index is 11.7. The molecule has 0 saturated heterocycles. The highest BCUT2D eigenvalue weighted by Gasteiger charge is 2.35. The Morgan fingerprint density at radius 2 is 1.61 bits per heavy atom. The van der Waals surface area contributed by atoms with Crippen LogP contribution in [0, 0.1) is 12.3 Å². The molecule has 18 heavy (non-hydrogen) atoms. The molecule has 0 aliphatic rings. The third-order valence-electron chi connectivity index (χ3n) is 4.31. The van der Waals surface area contributed by atoms with Crippen molar-refractivity contribution in [2.45, 2.75) is 59.8 Å². The molecule has 1 heteroatoms. The molecular formula is C17H26O. The third kappa shape index (κ3) is 3.22. The van der Waals surface area contributed by atoms with E-state index in [1.54, 1.807) is 6.92 Å². The standard InChI is InChI=1S/C17H26O/c1-7-17(6,12-16(4,5)14(3)18)15-10-8-13(2)9-11-15/h8-11H,7,12H2,1-6H3. The fourth-order valence-corrected chi connectivity index (χ4v) is 2.49. The van der Waals surface area contributed by atoms with Crippen LogP contribution in [-0.4, -0.2) is 5.78 Å². The van der Waals surface area contributed by atoms with E-state index in [1.807, 2.05) is 0 Å². The molecule has 0 aromatic heterocycles. The first-order chi connectivity index (χ1) is 8.21. The second-order valence-corrected chi connectivity index (χ2v) is 6.40. The van der Waals surface area contributed by atoms with Gasteiger partial charge in [-0.15, -0.1) is 0 Å². The highest BCUT2D eigenvalue weighted by molar-refractivity contribution is 5.81. The molecule has 1 aromatic rings. The Kier molecular flexibility index (Phi) is 4.37. The van der Waals surface area contributed by atoms with Gasteiger partial charge in [-0.2, -0.15) is 0 Å². The van der Waals surface area contributed by atoms with Crippen LogP contribution in [0.4, 0.5) is 0 Å². The van der Waals surface area contributed by atoms with Crippen LogP contribution in [0.25, 0.3) is 0 Å². The normalized spacial score (nSPS) is 15.2. The average Bonchev–Trinajstić information content (AvgIpc) is 2.29. The van der Waals surface area contributed by atoms with Crippen molar-refractivity contribution in [3.8, 4) is 0 Å². The molecule has 0 fully saturated rings. The zero-order chi connectivity index (χ0) is 14.0. The Morgan fingerprint density at radius 3 is 2.00 bits per heavy atom. The Balaban J connectivity index is 3.06. The fraction of sp³-hybridized carbons (Fsp3) is 0.588. The quantitative estimate of drug-likeness (QED) is 0.738. The summed E-state index contributed by atoms with van der Waals surface area (Å²) in [5.41, 5.74) is 2.44. The van der Waals surface area contributed by atoms with Crippen LogP contribution in [0.15, 0.2) is 24.3 Å². The number of carbonyl (C=O) groups excluding carboxylic acids is 1. The number of hydrogen-bond donors (Lipinski definition) is 0. The van der Waals surface area contributed by atoms with Gasteiger partial charge in [0, 0.05) is 5.41 Å². The highest BCUT2D eigenvalue weighted by Crippen LogP contribution is 2.39. The van der Waals surface area contributed by atoms with E-state index in [-0.39, 0.29) is 16.6 Å². The van der Waals surface area contributed by atoms with Gasteiger partial charge in [-0.3, -0.25) is 4.79 Å². The first-order valence-electron chi connectivity index (χ1n) is 6.79. The fourth-order valence-electron chi connectivity index (χ4n) is 2.49. The van der Waals surface area contributed by atoms with E-state index in [1.165, 1.54) is 11.1 Å². The maximum Gasteiger partial charge on any atom is 0.135 e. The zero-order valence-electron chi connectivity index (χ0n) is 12.6. The average molecular weight is 246 g/mol. The minimum atomic E-state index is -0.254. The van der Waals surface area contributed by atoms with Crippen molar-refractivity contribution in [1.82, 2.24) is 0 Å². The van der Waals surface area contributed by atoms with E-state index in [0.717, 1.165) is 12.8 Å². The predicted molar refractivity (Wildman–Crippen MR) is 77.9 cm³/mol. The van der Waals surface area contributed by atoms with E-state index >= 15 is 0 Å². The topological polar surface area (TPSA) is 17.1 Å². The van der Waals surface area contributed by atoms with Crippen molar-refractivity contribution < 1.29 is 4.79 Å². The minimum absolute atomic E-state index is 0.0723. The molecule has 100 valence electrons. The van der Waals surface area contributed by atoms with Crippen LogP contribution in [-0.2, 0) is 10.2 Å². The number of Topliss-reactive ketones (excluding diaryl/α,β-unsaturated/α-hetero) is 1. The zero-order valence-corrected chi connectivity index (χ0v) is 12.6. The first-order valence-corrected chi connectivity index (χ1v) is 6.79. The van der Waals surface area contributed by atoms with Crippen molar-refractivity contribution in [3.05, 3.63) is 35.4 Å². The summed E-state index contributed by atoms with van der Waals surface area (Å²) in [5.74, 6) is 0.272. The molecule has 0 aliphatic heterocycles. The number of rotatable bonds is 5. The van der Waals surface area contributed by atoms with Gasteiger partial charge in [0.1, 0.15) is 5.78 Å². The van der Waals surface area contributed by atoms with Crippen LogP contribution in [0.1, 0.15) is 58.6 Å². The molecule has 0 amide bonds. The second kappa shape index (κ2) is 5.26. The van der Waals surface area contributed by atoms with Gasteiger partial charge in [0.25, 0.3) is 0 Å². The lowest BCUT2D eigenvalue weighted by Gasteiger charge is -2.36. The monoisotopic (exact) mass is 246 g/mol. The minimum Gasteiger partial charge on any atom is -0.299 e. The SMILES string of the molecule is CCC(C)(CC(C)(C)C(C)=O)c1ccc(C)cc1. The van der Waals surface area contributed by atoms with Crippen LogP contribution in [0.2, 0.25) is 0 Å². The summed E-state index contributed by atoms with van der Waals surface area (Å²) in [6.07, 6.45) is 1.95. The second-order valence-electron chi connectivity index (χ2n) is 6.40. The lowest BCUT2D eigenvalue weighted by atomic mass is 9.67. The lowest BCUT2D eigenvalue weighted by molar-refractivity contribution is -0.125. The Morgan fingerprint density at radius 1 is 1.11 bits per heavy atom. The molecule has 0 aliphatic carbocycles. The summed E-state index contributed by atoms with van der Waals surface area (Å²) in [6, 6.07) is 8.72. The van der Waals surface area contributed by atoms with E-state index in [2.05, 4.69) is 58.9 Å². The summed E-state index contributed by atoms with van der Waals surface area (Å²) >= 11 is 0. The molecule has 0 N–H and O–H groups in total. The Bertz CT molecular complexity index is 414. The maximum atomic E-state index is 11.7. The molecule has 1 rings (SSSR count). The molecule has 0 saturated carbocycles. The molecule has 0 bridgehead atoms. The molecule has 0 spiro atoms. The summed E-state index contributed by atoms with van der Waals surface area (Å²) in [6.45, 7) is 12.4. The van der Waals surface area contributed by atoms with Gasteiger partial charge < -0.3 is 0 Å². The van der Waals surface area contributed by atoms with Gasteiger partial charge in [0.15, 0.2) is 0 Å². The van der Waals surface area contributed by atoms with Gasteiger partial charge in [-0.1, -0.05) is 57.5 Å². The van der Waals surface area contributed by atoms with Crippen LogP contribution >= 0.6 is 0 Å². The summed E-state index contributed by atoms with van der Waals surface area (Å²) < 4.78 is 0. The summed E-state index contributed by atoms with van der Waals surface area (Å²) in [7, 11) is 0. The van der Waals surface area contributed by atoms with Crippen molar-refractivity contribution in [1.29, 1.82) is 0 Å². The molecular weight excluding hydrogens is 220 g/mol. The van der Waals surface area contributed by atoms with E-state index in [0.29, 0.717) is 0 Å². The van der Waals surface area contributed by atoms with Gasteiger partial charge >= 0.3 is 0 Å². The summed E-state index contributed by atoms with van der Waals surface area (Å²) in [5, 5.41) is 0. The Hall–Kier alpha value is -1.11. The predicted octanol–water partition coefficient (Wildman–Crippen LogP) is 4.67. The van der Waals surface area contributed by atoms with Gasteiger partial charge in [-0.05, 0) is 37.7 Å². The molecule has 1 aromatic carbocycles. The number of benzene rings is 1. The van der Waals surface area contributed by atoms with Crippen LogP contribution < -0.4 is 0 Å².